The van der Waals surface area contributed by atoms with Gasteiger partial charge in [0.05, 0.1) is 0 Å². The van der Waals surface area contributed by atoms with Crippen molar-refractivity contribution < 1.29 is 4.42 Å². The van der Waals surface area contributed by atoms with Gasteiger partial charge in [-0.2, -0.15) is 0 Å². The zero-order valence-electron chi connectivity index (χ0n) is 7.74. The summed E-state index contributed by atoms with van der Waals surface area (Å²) in [5.41, 5.74) is -0.275. The molecule has 0 aromatic carbocycles. The molecule has 3 heteroatoms. The van der Waals surface area contributed by atoms with Gasteiger partial charge in [0.15, 0.2) is 0 Å². The Morgan fingerprint density at radius 1 is 1.54 bits per heavy atom. The van der Waals surface area contributed by atoms with Crippen molar-refractivity contribution in [3.8, 4) is 0 Å². The molecule has 2 nitrogen and oxygen atoms in total. The minimum Gasteiger partial charge on any atom is -0.428 e. The van der Waals surface area contributed by atoms with Crippen LogP contribution in [-0.4, -0.2) is 5.75 Å². The molecule has 70 valence electrons. The van der Waals surface area contributed by atoms with E-state index in [0.29, 0.717) is 5.76 Å². The molecule has 1 rings (SSSR count). The average molecular weight is 196 g/mol. The fourth-order valence-electron chi connectivity index (χ4n) is 0.900. The second-order valence-corrected chi connectivity index (χ2v) is 3.70. The topological polar surface area (TPSA) is 30.2 Å². The van der Waals surface area contributed by atoms with Crippen molar-refractivity contribution in [2.45, 2.75) is 18.7 Å². The summed E-state index contributed by atoms with van der Waals surface area (Å²) >= 11 is 1.63. The molecule has 0 aliphatic heterocycles. The second-order valence-electron chi connectivity index (χ2n) is 2.60. The van der Waals surface area contributed by atoms with E-state index in [0.717, 1.165) is 10.6 Å². The van der Waals surface area contributed by atoms with Gasteiger partial charge in [-0.1, -0.05) is 12.2 Å². The van der Waals surface area contributed by atoms with Crippen molar-refractivity contribution >= 4 is 11.8 Å². The maximum Gasteiger partial charge on any atom is 0.336 e. The average Bonchev–Trinajstić information content (AvgIpc) is 2.03. The lowest BCUT2D eigenvalue weighted by molar-refractivity contribution is 0.475. The quantitative estimate of drug-likeness (QED) is 0.550. The minimum atomic E-state index is -0.275. The molecule has 0 atom stereocenters. The Hall–Kier alpha value is -0.960. The van der Waals surface area contributed by atoms with Crippen molar-refractivity contribution in [1.29, 1.82) is 0 Å². The van der Waals surface area contributed by atoms with Gasteiger partial charge in [0.1, 0.15) is 5.76 Å². The highest BCUT2D eigenvalue weighted by atomic mass is 32.2. The van der Waals surface area contributed by atoms with Crippen LogP contribution in [0.25, 0.3) is 0 Å². The molecule has 0 saturated heterocycles. The van der Waals surface area contributed by atoms with Crippen molar-refractivity contribution in [2.75, 3.05) is 5.75 Å². The van der Waals surface area contributed by atoms with Gasteiger partial charge in [-0.3, -0.25) is 0 Å². The summed E-state index contributed by atoms with van der Waals surface area (Å²) < 4.78 is 4.84. The summed E-state index contributed by atoms with van der Waals surface area (Å²) in [5, 5.41) is 0. The van der Waals surface area contributed by atoms with Crippen LogP contribution in [0.4, 0.5) is 0 Å². The number of rotatable bonds is 3. The second kappa shape index (κ2) is 4.92. The lowest BCUT2D eigenvalue weighted by Crippen LogP contribution is -1.97. The molecular weight excluding hydrogens is 184 g/mol. The molecule has 1 heterocycles. The highest BCUT2D eigenvalue weighted by Crippen LogP contribution is 2.16. The predicted octanol–water partition coefficient (Wildman–Crippen LogP) is 2.62. The summed E-state index contributed by atoms with van der Waals surface area (Å²) in [6.45, 7) is 3.76. The van der Waals surface area contributed by atoms with Gasteiger partial charge in [0.25, 0.3) is 0 Å². The van der Waals surface area contributed by atoms with Crippen molar-refractivity contribution in [3.63, 3.8) is 0 Å². The van der Waals surface area contributed by atoms with Crippen LogP contribution in [0.3, 0.4) is 0 Å². The predicted molar refractivity (Wildman–Crippen MR) is 55.3 cm³/mol. The van der Waals surface area contributed by atoms with Gasteiger partial charge in [0, 0.05) is 16.7 Å². The number of hydrogen-bond acceptors (Lipinski definition) is 3. The summed E-state index contributed by atoms with van der Waals surface area (Å²) in [4.78, 5) is 11.9. The van der Waals surface area contributed by atoms with E-state index in [1.165, 1.54) is 6.07 Å². The van der Waals surface area contributed by atoms with Gasteiger partial charge in [0.2, 0.25) is 0 Å². The Balaban J connectivity index is 2.72. The van der Waals surface area contributed by atoms with E-state index < -0.39 is 0 Å². The van der Waals surface area contributed by atoms with Gasteiger partial charge in [-0.15, -0.1) is 11.8 Å². The van der Waals surface area contributed by atoms with Crippen molar-refractivity contribution in [3.05, 3.63) is 40.5 Å². The molecule has 13 heavy (non-hydrogen) atoms. The molecule has 0 N–H and O–H groups in total. The van der Waals surface area contributed by atoms with E-state index in [1.807, 2.05) is 19.1 Å². The molecule has 0 unspecified atom stereocenters. The fraction of sp³-hybridized carbons (Fsp3) is 0.300. The SMILES string of the molecule is C/C=C/CSc1cc(C)oc(=O)c1. The molecule has 0 aliphatic rings. The largest absolute Gasteiger partial charge is 0.428 e. The van der Waals surface area contributed by atoms with Crippen LogP contribution in [0.15, 0.2) is 38.4 Å². The maximum absolute atomic E-state index is 10.9. The molecule has 1 aromatic rings. The number of hydrogen-bond donors (Lipinski definition) is 0. The minimum absolute atomic E-state index is 0.275. The summed E-state index contributed by atoms with van der Waals surface area (Å²) in [6, 6.07) is 3.39. The molecule has 0 saturated carbocycles. The highest BCUT2D eigenvalue weighted by molar-refractivity contribution is 7.99. The third-order valence-electron chi connectivity index (χ3n) is 1.45. The number of allylic oxidation sites excluding steroid dienone is 1. The lowest BCUT2D eigenvalue weighted by Gasteiger charge is -1.97. The number of thioether (sulfide) groups is 1. The first-order valence-electron chi connectivity index (χ1n) is 4.08. The Kier molecular flexibility index (Phi) is 3.83. The zero-order chi connectivity index (χ0) is 9.68. The zero-order valence-corrected chi connectivity index (χ0v) is 8.56. The lowest BCUT2D eigenvalue weighted by atomic mass is 10.4. The van der Waals surface area contributed by atoms with Crippen LogP contribution in [0, 0.1) is 6.92 Å². The Morgan fingerprint density at radius 2 is 2.31 bits per heavy atom. The highest BCUT2D eigenvalue weighted by Gasteiger charge is 1.96. The first-order chi connectivity index (χ1) is 6.22. The summed E-state index contributed by atoms with van der Waals surface area (Å²) in [6.07, 6.45) is 4.04. The molecule has 0 bridgehead atoms. The van der Waals surface area contributed by atoms with E-state index in [1.54, 1.807) is 18.7 Å². The first-order valence-corrected chi connectivity index (χ1v) is 5.06. The molecule has 1 aromatic heterocycles. The first kappa shape index (κ1) is 10.1. The monoisotopic (exact) mass is 196 g/mol. The van der Waals surface area contributed by atoms with Crippen LogP contribution in [0.2, 0.25) is 0 Å². The third kappa shape index (κ3) is 3.51. The Bertz CT molecular complexity index is 352. The fourth-order valence-corrected chi connectivity index (χ4v) is 1.81. The normalized spacial score (nSPS) is 10.9. The van der Waals surface area contributed by atoms with E-state index >= 15 is 0 Å². The van der Waals surface area contributed by atoms with Crippen LogP contribution >= 0.6 is 11.8 Å². The van der Waals surface area contributed by atoms with E-state index in [9.17, 15) is 4.79 Å². The van der Waals surface area contributed by atoms with Gasteiger partial charge < -0.3 is 4.42 Å². The van der Waals surface area contributed by atoms with Crippen LogP contribution in [0.5, 0.6) is 0 Å². The Morgan fingerprint density at radius 3 is 2.92 bits per heavy atom. The summed E-state index contributed by atoms with van der Waals surface area (Å²) in [7, 11) is 0. The summed E-state index contributed by atoms with van der Waals surface area (Å²) in [5.74, 6) is 1.55. The molecule has 0 radical (unpaired) electrons. The maximum atomic E-state index is 10.9. The van der Waals surface area contributed by atoms with E-state index in [-0.39, 0.29) is 5.63 Å². The molecule has 0 aliphatic carbocycles. The van der Waals surface area contributed by atoms with Crippen LogP contribution in [0.1, 0.15) is 12.7 Å². The standard InChI is InChI=1S/C10H12O2S/c1-3-4-5-13-9-6-8(2)12-10(11)7-9/h3-4,6-7H,5H2,1-2H3/b4-3+. The van der Waals surface area contributed by atoms with Crippen LogP contribution < -0.4 is 5.63 Å². The van der Waals surface area contributed by atoms with Crippen molar-refractivity contribution in [2.24, 2.45) is 0 Å². The molecule has 0 fully saturated rings. The van der Waals surface area contributed by atoms with E-state index in [2.05, 4.69) is 6.08 Å². The third-order valence-corrected chi connectivity index (χ3v) is 2.38. The molecular formula is C10H12O2S. The van der Waals surface area contributed by atoms with Gasteiger partial charge in [-0.25, -0.2) is 4.79 Å². The molecule has 0 spiro atoms. The number of aryl methyl sites for hydroxylation is 1. The van der Waals surface area contributed by atoms with Crippen LogP contribution in [-0.2, 0) is 0 Å². The molecule has 0 amide bonds. The smallest absolute Gasteiger partial charge is 0.336 e. The Labute approximate surface area is 81.7 Å². The van der Waals surface area contributed by atoms with Gasteiger partial charge in [-0.05, 0) is 19.9 Å². The van der Waals surface area contributed by atoms with Crippen molar-refractivity contribution in [1.82, 2.24) is 0 Å². The van der Waals surface area contributed by atoms with E-state index in [4.69, 9.17) is 4.42 Å². The van der Waals surface area contributed by atoms with Gasteiger partial charge >= 0.3 is 5.63 Å².